The number of carbonyl (C=O) groups is 2. The fourth-order valence-corrected chi connectivity index (χ4v) is 4.01. The fourth-order valence-electron chi connectivity index (χ4n) is 3.73. The summed E-state index contributed by atoms with van der Waals surface area (Å²) >= 11 is 12.0. The molecular weight excluding hydrogens is 403 g/mol. The molecule has 5 rings (SSSR count). The van der Waals surface area contributed by atoms with Gasteiger partial charge >= 0.3 is 0 Å². The van der Waals surface area contributed by atoms with Crippen molar-refractivity contribution < 1.29 is 9.59 Å². The highest BCUT2D eigenvalue weighted by atomic mass is 35.5. The quantitative estimate of drug-likeness (QED) is 0.670. The maximum Gasteiger partial charge on any atom is 0.241 e. The number of nitrogens with one attached hydrogen (secondary N) is 2. The van der Waals surface area contributed by atoms with Gasteiger partial charge in [-0.1, -0.05) is 28.4 Å². The van der Waals surface area contributed by atoms with E-state index in [1.54, 1.807) is 30.3 Å². The molecule has 1 atom stereocenters. The van der Waals surface area contributed by atoms with E-state index in [9.17, 15) is 9.59 Å². The molecular formula is C18H12Cl2N6O2. The Balaban J connectivity index is 1.65. The molecule has 3 aromatic rings. The molecule has 28 heavy (non-hydrogen) atoms. The molecule has 140 valence electrons. The molecule has 2 amide bonds. The van der Waals surface area contributed by atoms with E-state index < -0.39 is 5.41 Å². The lowest BCUT2D eigenvalue weighted by Gasteiger charge is -2.30. The Kier molecular flexibility index (Phi) is 3.68. The standard InChI is InChI=1S/C18H12Cl2N6O2/c19-9-2-4-13-12(5-9)18(17(28)22-13)6-14(27)23-16-15(18)24-25-26(16)8-11-3-1-10(20)7-21-11/h1-5,7H,6,8H2,(H,22,28)(H,23,27)/t18-/m1/s1. The molecule has 0 aliphatic carbocycles. The van der Waals surface area contributed by atoms with Crippen molar-refractivity contribution in [1.29, 1.82) is 0 Å². The Hall–Kier alpha value is -2.97. The summed E-state index contributed by atoms with van der Waals surface area (Å²) in [5, 5.41) is 15.0. The molecule has 2 N–H and O–H groups in total. The van der Waals surface area contributed by atoms with Crippen LogP contribution in [0.25, 0.3) is 0 Å². The second kappa shape index (κ2) is 6.02. The summed E-state index contributed by atoms with van der Waals surface area (Å²) in [6.45, 7) is 0.264. The predicted octanol–water partition coefficient (Wildman–Crippen LogP) is 2.61. The lowest BCUT2D eigenvalue weighted by Crippen LogP contribution is -2.44. The summed E-state index contributed by atoms with van der Waals surface area (Å²) in [6, 6.07) is 8.58. The van der Waals surface area contributed by atoms with Crippen LogP contribution < -0.4 is 10.6 Å². The van der Waals surface area contributed by atoms with E-state index in [0.717, 1.165) is 0 Å². The minimum absolute atomic E-state index is 0.0724. The number of pyridine rings is 1. The minimum atomic E-state index is -1.26. The van der Waals surface area contributed by atoms with Crippen LogP contribution in [-0.2, 0) is 21.5 Å². The molecule has 0 saturated heterocycles. The third kappa shape index (κ3) is 2.42. The zero-order chi connectivity index (χ0) is 19.5. The van der Waals surface area contributed by atoms with Gasteiger partial charge in [-0.25, -0.2) is 4.68 Å². The van der Waals surface area contributed by atoms with Crippen LogP contribution in [-0.4, -0.2) is 31.8 Å². The maximum absolute atomic E-state index is 13.0. The first kappa shape index (κ1) is 17.2. The number of anilines is 2. The van der Waals surface area contributed by atoms with E-state index >= 15 is 0 Å². The number of benzene rings is 1. The molecule has 8 nitrogen and oxygen atoms in total. The third-order valence-corrected chi connectivity index (χ3v) is 5.46. The van der Waals surface area contributed by atoms with Gasteiger partial charge in [-0.05, 0) is 35.9 Å². The van der Waals surface area contributed by atoms with Gasteiger partial charge in [-0.3, -0.25) is 14.6 Å². The SMILES string of the molecule is O=C1C[C@]2(C(=O)Nc3ccc(Cl)cc32)c2nnn(Cc3ccc(Cl)cn3)c2N1. The number of hydrogen-bond donors (Lipinski definition) is 2. The Bertz CT molecular complexity index is 1140. The number of aromatic nitrogens is 4. The normalized spacial score (nSPS) is 19.9. The smallest absolute Gasteiger partial charge is 0.241 e. The molecule has 1 spiro atoms. The highest BCUT2D eigenvalue weighted by Gasteiger charge is 2.55. The lowest BCUT2D eigenvalue weighted by atomic mass is 9.74. The molecule has 4 heterocycles. The third-order valence-electron chi connectivity index (χ3n) is 5.00. The lowest BCUT2D eigenvalue weighted by molar-refractivity contribution is -0.125. The Morgan fingerprint density at radius 3 is 2.71 bits per heavy atom. The van der Waals surface area contributed by atoms with Gasteiger partial charge in [0.1, 0.15) is 11.1 Å². The predicted molar refractivity (Wildman–Crippen MR) is 102 cm³/mol. The number of hydrogen-bond acceptors (Lipinski definition) is 5. The van der Waals surface area contributed by atoms with Gasteiger partial charge < -0.3 is 10.6 Å². The highest BCUT2D eigenvalue weighted by Crippen LogP contribution is 2.49. The fraction of sp³-hybridized carbons (Fsp3) is 0.167. The van der Waals surface area contributed by atoms with E-state index in [-0.39, 0.29) is 24.8 Å². The van der Waals surface area contributed by atoms with Gasteiger partial charge in [-0.15, -0.1) is 5.10 Å². The molecule has 0 bridgehead atoms. The van der Waals surface area contributed by atoms with Crippen molar-refractivity contribution in [3.63, 3.8) is 0 Å². The largest absolute Gasteiger partial charge is 0.325 e. The van der Waals surface area contributed by atoms with Crippen LogP contribution in [0.5, 0.6) is 0 Å². The summed E-state index contributed by atoms with van der Waals surface area (Å²) in [5.41, 5.74) is 1.05. The summed E-state index contributed by atoms with van der Waals surface area (Å²) in [7, 11) is 0. The monoisotopic (exact) mass is 414 g/mol. The van der Waals surface area contributed by atoms with Gasteiger partial charge in [0.15, 0.2) is 5.82 Å². The van der Waals surface area contributed by atoms with E-state index in [4.69, 9.17) is 23.2 Å². The van der Waals surface area contributed by atoms with Crippen molar-refractivity contribution in [2.75, 3.05) is 10.6 Å². The molecule has 0 radical (unpaired) electrons. The first-order valence-electron chi connectivity index (χ1n) is 8.43. The molecule has 0 fully saturated rings. The summed E-state index contributed by atoms with van der Waals surface area (Å²) in [5.74, 6) is -0.253. The first-order chi connectivity index (χ1) is 13.5. The minimum Gasteiger partial charge on any atom is -0.325 e. The number of amides is 2. The number of fused-ring (bicyclic) bond motifs is 4. The Morgan fingerprint density at radius 2 is 1.93 bits per heavy atom. The van der Waals surface area contributed by atoms with E-state index in [0.29, 0.717) is 38.5 Å². The number of rotatable bonds is 2. The van der Waals surface area contributed by atoms with Gasteiger partial charge in [0.2, 0.25) is 11.8 Å². The molecule has 10 heteroatoms. The number of nitrogens with zero attached hydrogens (tertiary/aromatic N) is 4. The topological polar surface area (TPSA) is 102 Å². The second-order valence-electron chi connectivity index (χ2n) is 6.69. The van der Waals surface area contributed by atoms with Gasteiger partial charge in [0.05, 0.1) is 23.7 Å². The van der Waals surface area contributed by atoms with Gasteiger partial charge in [-0.2, -0.15) is 0 Å². The van der Waals surface area contributed by atoms with Crippen LogP contribution in [0.15, 0.2) is 36.5 Å². The van der Waals surface area contributed by atoms with E-state index in [1.807, 2.05) is 0 Å². The summed E-state index contributed by atoms with van der Waals surface area (Å²) in [6.07, 6.45) is 1.46. The van der Waals surface area contributed by atoms with Gasteiger partial charge in [0.25, 0.3) is 0 Å². The van der Waals surface area contributed by atoms with Crippen molar-refractivity contribution in [3.05, 3.63) is 63.5 Å². The number of carbonyl (C=O) groups excluding carboxylic acids is 2. The molecule has 2 aromatic heterocycles. The average Bonchev–Trinajstić information content (AvgIpc) is 3.18. The van der Waals surface area contributed by atoms with Crippen LogP contribution in [0.1, 0.15) is 23.4 Å². The summed E-state index contributed by atoms with van der Waals surface area (Å²) < 4.78 is 1.51. The van der Waals surface area contributed by atoms with Crippen molar-refractivity contribution in [2.24, 2.45) is 0 Å². The highest BCUT2D eigenvalue weighted by molar-refractivity contribution is 6.31. The van der Waals surface area contributed by atoms with Gasteiger partial charge in [0, 0.05) is 16.9 Å². The van der Waals surface area contributed by atoms with E-state index in [2.05, 4.69) is 25.9 Å². The first-order valence-corrected chi connectivity index (χ1v) is 9.19. The van der Waals surface area contributed by atoms with Crippen molar-refractivity contribution >= 4 is 46.5 Å². The van der Waals surface area contributed by atoms with Crippen LogP contribution >= 0.6 is 23.2 Å². The molecule has 0 unspecified atom stereocenters. The average molecular weight is 415 g/mol. The Labute approximate surface area is 168 Å². The second-order valence-corrected chi connectivity index (χ2v) is 7.56. The van der Waals surface area contributed by atoms with Crippen molar-refractivity contribution in [2.45, 2.75) is 18.4 Å². The van der Waals surface area contributed by atoms with E-state index in [1.165, 1.54) is 10.9 Å². The molecule has 0 saturated carbocycles. The van der Waals surface area contributed by atoms with Crippen LogP contribution in [0.2, 0.25) is 10.0 Å². The molecule has 2 aliphatic heterocycles. The maximum atomic E-state index is 13.0. The van der Waals surface area contributed by atoms with Crippen molar-refractivity contribution in [3.8, 4) is 0 Å². The van der Waals surface area contributed by atoms with Crippen LogP contribution in [0.4, 0.5) is 11.5 Å². The molecule has 1 aromatic carbocycles. The van der Waals surface area contributed by atoms with Crippen LogP contribution in [0, 0.1) is 0 Å². The van der Waals surface area contributed by atoms with Crippen molar-refractivity contribution in [1.82, 2.24) is 20.0 Å². The summed E-state index contributed by atoms with van der Waals surface area (Å²) in [4.78, 5) is 29.8. The van der Waals surface area contributed by atoms with Crippen LogP contribution in [0.3, 0.4) is 0 Å². The Morgan fingerprint density at radius 1 is 1.11 bits per heavy atom. The number of halogens is 2. The zero-order valence-electron chi connectivity index (χ0n) is 14.2. The zero-order valence-corrected chi connectivity index (χ0v) is 15.8. The molecule has 2 aliphatic rings.